The summed E-state index contributed by atoms with van der Waals surface area (Å²) >= 11 is 7.40. The van der Waals surface area contributed by atoms with Crippen molar-refractivity contribution in [1.29, 1.82) is 0 Å². The topological polar surface area (TPSA) is 88.2 Å². The van der Waals surface area contributed by atoms with Gasteiger partial charge < -0.3 is 0 Å². The van der Waals surface area contributed by atoms with Crippen molar-refractivity contribution < 1.29 is 13.2 Å². The summed E-state index contributed by atoms with van der Waals surface area (Å²) in [7, 11) is -3.89. The fourth-order valence-corrected chi connectivity index (χ4v) is 4.49. The normalized spacial score (nSPS) is 11.3. The van der Waals surface area contributed by atoms with Gasteiger partial charge in [0.15, 0.2) is 5.13 Å². The van der Waals surface area contributed by atoms with Gasteiger partial charge in [-0.1, -0.05) is 41.9 Å². The van der Waals surface area contributed by atoms with Gasteiger partial charge in [0.1, 0.15) is 4.90 Å². The Morgan fingerprint density at radius 2 is 1.93 bits per heavy atom. The highest BCUT2D eigenvalue weighted by Crippen LogP contribution is 2.24. The Balaban J connectivity index is 1.80. The van der Waals surface area contributed by atoms with Crippen molar-refractivity contribution in [1.82, 2.24) is 9.71 Å². The molecular formula is C18H16ClN3O3S2. The largest absolute Gasteiger partial charge is 0.298 e. The number of benzene rings is 2. The third-order valence-electron chi connectivity index (χ3n) is 3.63. The van der Waals surface area contributed by atoms with Gasteiger partial charge in [-0.25, -0.2) is 18.1 Å². The van der Waals surface area contributed by atoms with Gasteiger partial charge in [-0.15, -0.1) is 11.3 Å². The Morgan fingerprint density at radius 1 is 1.19 bits per heavy atom. The summed E-state index contributed by atoms with van der Waals surface area (Å²) in [4.78, 5) is 17.3. The number of rotatable bonds is 6. The minimum Gasteiger partial charge on any atom is -0.298 e. The lowest BCUT2D eigenvalue weighted by Crippen LogP contribution is -2.24. The number of halogens is 1. The number of hydrogen-bond acceptors (Lipinski definition) is 5. The number of aromatic nitrogens is 1. The van der Waals surface area contributed by atoms with E-state index in [1.54, 1.807) is 6.20 Å². The lowest BCUT2D eigenvalue weighted by atomic mass is 10.2. The van der Waals surface area contributed by atoms with Crippen molar-refractivity contribution in [2.75, 3.05) is 5.32 Å². The number of aryl methyl sites for hydroxylation is 1. The lowest BCUT2D eigenvalue weighted by molar-refractivity contribution is 0.102. The van der Waals surface area contributed by atoms with E-state index in [-0.39, 0.29) is 22.0 Å². The molecule has 0 aliphatic rings. The van der Waals surface area contributed by atoms with Gasteiger partial charge in [0, 0.05) is 23.2 Å². The maximum absolute atomic E-state index is 12.6. The number of carbonyl (C=O) groups is 1. The molecule has 6 nitrogen and oxygen atoms in total. The van der Waals surface area contributed by atoms with Gasteiger partial charge in [0.25, 0.3) is 5.91 Å². The van der Waals surface area contributed by atoms with E-state index < -0.39 is 15.9 Å². The number of carbonyl (C=O) groups excluding carboxylic acids is 1. The summed E-state index contributed by atoms with van der Waals surface area (Å²) in [6.07, 6.45) is 1.64. The highest BCUT2D eigenvalue weighted by atomic mass is 35.5. The molecule has 1 aromatic heterocycles. The van der Waals surface area contributed by atoms with Crippen molar-refractivity contribution >= 4 is 44.0 Å². The summed E-state index contributed by atoms with van der Waals surface area (Å²) < 4.78 is 27.7. The van der Waals surface area contributed by atoms with Crippen LogP contribution in [0.4, 0.5) is 5.13 Å². The van der Waals surface area contributed by atoms with Gasteiger partial charge in [-0.05, 0) is 30.7 Å². The van der Waals surface area contributed by atoms with Crippen LogP contribution in [0.2, 0.25) is 5.02 Å². The molecule has 2 aromatic carbocycles. The zero-order chi connectivity index (χ0) is 19.4. The van der Waals surface area contributed by atoms with Crippen LogP contribution in [-0.4, -0.2) is 19.3 Å². The quantitative estimate of drug-likeness (QED) is 0.633. The Morgan fingerprint density at radius 3 is 2.59 bits per heavy atom. The standard InChI is InChI=1S/C18H16ClN3O3S2/c1-12-10-20-18(26-12)22-17(23)14-7-8-15(19)16(9-14)27(24,25)21-11-13-5-3-2-4-6-13/h2-10,21H,11H2,1H3,(H,20,22,23). The number of nitrogens with one attached hydrogen (secondary N) is 2. The second kappa shape index (κ2) is 8.18. The van der Waals surface area contributed by atoms with Crippen LogP contribution in [0.3, 0.4) is 0 Å². The first-order valence-electron chi connectivity index (χ1n) is 7.92. The molecule has 2 N–H and O–H groups in total. The molecule has 0 aliphatic heterocycles. The van der Waals surface area contributed by atoms with E-state index in [0.29, 0.717) is 5.13 Å². The van der Waals surface area contributed by atoms with Crippen LogP contribution >= 0.6 is 22.9 Å². The number of amides is 1. The molecule has 0 unspecified atom stereocenters. The van der Waals surface area contributed by atoms with Crippen LogP contribution < -0.4 is 10.0 Å². The summed E-state index contributed by atoms with van der Waals surface area (Å²) in [5, 5.41) is 3.13. The fraction of sp³-hybridized carbons (Fsp3) is 0.111. The lowest BCUT2D eigenvalue weighted by Gasteiger charge is -2.10. The van der Waals surface area contributed by atoms with Crippen LogP contribution in [0, 0.1) is 6.92 Å². The molecule has 1 amide bonds. The molecule has 3 aromatic rings. The van der Waals surface area contributed by atoms with Gasteiger partial charge in [-0.3, -0.25) is 10.1 Å². The van der Waals surface area contributed by atoms with E-state index in [1.165, 1.54) is 29.5 Å². The second-order valence-corrected chi connectivity index (χ2v) is 9.06. The van der Waals surface area contributed by atoms with Gasteiger partial charge in [0.05, 0.1) is 5.02 Å². The monoisotopic (exact) mass is 421 g/mol. The summed E-state index contributed by atoms with van der Waals surface area (Å²) in [5.41, 5.74) is 0.984. The first kappa shape index (κ1) is 19.5. The van der Waals surface area contributed by atoms with E-state index in [0.717, 1.165) is 10.4 Å². The number of sulfonamides is 1. The molecule has 0 saturated heterocycles. The van der Waals surface area contributed by atoms with Crippen LogP contribution in [0.5, 0.6) is 0 Å². The summed E-state index contributed by atoms with van der Waals surface area (Å²) in [6, 6.07) is 13.2. The maximum Gasteiger partial charge on any atom is 0.257 e. The van der Waals surface area contributed by atoms with E-state index in [1.807, 2.05) is 37.3 Å². The molecule has 27 heavy (non-hydrogen) atoms. The maximum atomic E-state index is 12.6. The van der Waals surface area contributed by atoms with Gasteiger partial charge in [-0.2, -0.15) is 0 Å². The smallest absolute Gasteiger partial charge is 0.257 e. The molecule has 1 heterocycles. The van der Waals surface area contributed by atoms with Gasteiger partial charge in [0.2, 0.25) is 10.0 Å². The molecule has 140 valence electrons. The van der Waals surface area contributed by atoms with Crippen LogP contribution in [-0.2, 0) is 16.6 Å². The second-order valence-electron chi connectivity index (χ2n) is 5.69. The van der Waals surface area contributed by atoms with Crippen LogP contribution in [0.1, 0.15) is 20.8 Å². The molecule has 9 heteroatoms. The molecule has 0 saturated carbocycles. The molecule has 0 bridgehead atoms. The van der Waals surface area contributed by atoms with E-state index in [9.17, 15) is 13.2 Å². The van der Waals surface area contributed by atoms with Crippen molar-refractivity contribution in [2.24, 2.45) is 0 Å². The van der Waals surface area contributed by atoms with E-state index in [2.05, 4.69) is 15.0 Å². The molecule has 0 aliphatic carbocycles. The average Bonchev–Trinajstić information content (AvgIpc) is 3.06. The Bertz CT molecular complexity index is 1070. The molecule has 0 radical (unpaired) electrons. The molecule has 0 atom stereocenters. The van der Waals surface area contributed by atoms with Crippen molar-refractivity contribution in [3.8, 4) is 0 Å². The summed E-state index contributed by atoms with van der Waals surface area (Å²) in [6.45, 7) is 1.99. The van der Waals surface area contributed by atoms with Crippen molar-refractivity contribution in [3.05, 3.63) is 75.8 Å². The first-order valence-corrected chi connectivity index (χ1v) is 10.6. The molecular weight excluding hydrogens is 406 g/mol. The van der Waals surface area contributed by atoms with Crippen molar-refractivity contribution in [2.45, 2.75) is 18.4 Å². The minimum absolute atomic E-state index is 0.0391. The zero-order valence-electron chi connectivity index (χ0n) is 14.3. The minimum atomic E-state index is -3.89. The van der Waals surface area contributed by atoms with Gasteiger partial charge >= 0.3 is 0 Å². The van der Waals surface area contributed by atoms with Crippen molar-refractivity contribution in [3.63, 3.8) is 0 Å². The molecule has 0 spiro atoms. The highest BCUT2D eigenvalue weighted by Gasteiger charge is 2.20. The van der Waals surface area contributed by atoms with Crippen LogP contribution in [0.25, 0.3) is 0 Å². The summed E-state index contributed by atoms with van der Waals surface area (Å²) in [5.74, 6) is -0.458. The highest BCUT2D eigenvalue weighted by molar-refractivity contribution is 7.89. The predicted molar refractivity (Wildman–Crippen MR) is 107 cm³/mol. The SMILES string of the molecule is Cc1cnc(NC(=O)c2ccc(Cl)c(S(=O)(=O)NCc3ccccc3)c2)s1. The molecule has 3 rings (SSSR count). The third kappa shape index (κ3) is 4.92. The van der Waals surface area contributed by atoms with E-state index in [4.69, 9.17) is 11.6 Å². The zero-order valence-corrected chi connectivity index (χ0v) is 16.7. The number of nitrogens with zero attached hydrogens (tertiary/aromatic N) is 1. The Kier molecular flexibility index (Phi) is 5.91. The van der Waals surface area contributed by atoms with Crippen LogP contribution in [0.15, 0.2) is 59.6 Å². The fourth-order valence-electron chi connectivity index (χ4n) is 2.28. The van der Waals surface area contributed by atoms with E-state index >= 15 is 0 Å². The first-order chi connectivity index (χ1) is 12.8. The predicted octanol–water partition coefficient (Wildman–Crippen LogP) is 3.84. The molecule has 0 fully saturated rings. The number of hydrogen-bond donors (Lipinski definition) is 2. The Hall–Kier alpha value is -2.26. The third-order valence-corrected chi connectivity index (χ3v) is 6.34. The number of anilines is 1. The Labute approximate surface area is 166 Å². The average molecular weight is 422 g/mol. The number of thiazole rings is 1.